The van der Waals surface area contributed by atoms with Crippen LogP contribution in [0.3, 0.4) is 0 Å². The number of amides is 1. The molecule has 1 unspecified atom stereocenters. The second kappa shape index (κ2) is 27.6. The summed E-state index contributed by atoms with van der Waals surface area (Å²) in [5.74, 6) is -0.0896. The molecule has 5 atom stereocenters. The molecular weight excluding hydrogens is 542 g/mol. The predicted molar refractivity (Wildman–Crippen MR) is 177 cm³/mol. The van der Waals surface area contributed by atoms with Crippen molar-refractivity contribution in [3.63, 3.8) is 0 Å². The number of carbonyl (C=O) groups is 1. The normalized spacial score (nSPS) is 22.2. The Kier molecular flexibility index (Phi) is 25.8. The number of aliphatic hydroxyl groups excluding tert-OH is 4. The maximum Gasteiger partial charge on any atom is 0.224 e. The van der Waals surface area contributed by atoms with Crippen molar-refractivity contribution in [1.82, 2.24) is 4.90 Å². The lowest BCUT2D eigenvalue weighted by molar-refractivity contribution is -0.262. The largest absolute Gasteiger partial charge is 0.394 e. The lowest BCUT2D eigenvalue weighted by Gasteiger charge is -2.44. The number of aliphatic hydroxyl groups is 4. The molecule has 4 N–H and O–H groups in total. The van der Waals surface area contributed by atoms with Gasteiger partial charge in [-0.05, 0) is 12.8 Å². The number of unbranched alkanes of at least 4 members (excludes halogenated alkanes) is 23. The van der Waals surface area contributed by atoms with Gasteiger partial charge < -0.3 is 30.1 Å². The quantitative estimate of drug-likeness (QED) is 0.0641. The van der Waals surface area contributed by atoms with E-state index in [2.05, 4.69) is 13.8 Å². The number of rotatable bonds is 29. The van der Waals surface area contributed by atoms with Crippen molar-refractivity contribution in [3.05, 3.63) is 0 Å². The lowest BCUT2D eigenvalue weighted by atomic mass is 9.97. The van der Waals surface area contributed by atoms with Gasteiger partial charge in [-0.15, -0.1) is 0 Å². The molecule has 1 heterocycles. The summed E-state index contributed by atoms with van der Waals surface area (Å²) in [5, 5.41) is 40.9. The Balaban J connectivity index is 2.33. The summed E-state index contributed by atoms with van der Waals surface area (Å²) < 4.78 is 5.78. The molecule has 256 valence electrons. The van der Waals surface area contributed by atoms with E-state index in [1.54, 1.807) is 4.90 Å². The maximum atomic E-state index is 13.3. The molecule has 1 fully saturated rings. The number of hydrogen-bond acceptors (Lipinski definition) is 6. The van der Waals surface area contributed by atoms with E-state index < -0.39 is 37.3 Å². The Morgan fingerprint density at radius 3 is 1.30 bits per heavy atom. The third kappa shape index (κ3) is 18.7. The number of ether oxygens (including phenoxy) is 1. The zero-order chi connectivity index (χ0) is 31.5. The van der Waals surface area contributed by atoms with Crippen molar-refractivity contribution >= 4 is 5.91 Å². The highest BCUT2D eigenvalue weighted by Gasteiger charge is 2.46. The molecule has 1 rings (SSSR count). The third-order valence-corrected chi connectivity index (χ3v) is 9.24. The minimum Gasteiger partial charge on any atom is -0.394 e. The van der Waals surface area contributed by atoms with Crippen LogP contribution in [0, 0.1) is 0 Å². The van der Waals surface area contributed by atoms with Crippen LogP contribution in [-0.2, 0) is 9.53 Å². The summed E-state index contributed by atoms with van der Waals surface area (Å²) in [4.78, 5) is 14.9. The smallest absolute Gasteiger partial charge is 0.224 e. The number of nitrogens with zero attached hydrogens (tertiary/aromatic N) is 1. The Labute approximate surface area is 265 Å². The summed E-state index contributed by atoms with van der Waals surface area (Å²) in [7, 11) is 0. The highest BCUT2D eigenvalue weighted by molar-refractivity contribution is 5.76. The zero-order valence-corrected chi connectivity index (χ0v) is 28.2. The first-order valence-corrected chi connectivity index (χ1v) is 18.6. The van der Waals surface area contributed by atoms with Crippen molar-refractivity contribution in [2.75, 3.05) is 13.2 Å². The molecule has 1 amide bonds. The summed E-state index contributed by atoms with van der Waals surface area (Å²) in [5.41, 5.74) is 0. The van der Waals surface area contributed by atoms with Gasteiger partial charge in [-0.25, -0.2) is 0 Å². The minimum absolute atomic E-state index is 0.0896. The first-order valence-electron chi connectivity index (χ1n) is 18.6. The summed E-state index contributed by atoms with van der Waals surface area (Å²) in [6.45, 7) is 4.45. The molecule has 43 heavy (non-hydrogen) atoms. The molecule has 0 spiro atoms. The van der Waals surface area contributed by atoms with Gasteiger partial charge in [-0.3, -0.25) is 4.79 Å². The monoisotopic (exact) mass is 614 g/mol. The van der Waals surface area contributed by atoms with Crippen LogP contribution < -0.4 is 0 Å². The SMILES string of the molecule is CCCCCCCCCCCCCCCCCCN(C(=O)CCCCCCCCCCC)C1O[C@H](CO)[C@H](O)[C@H](O)[C@H]1O. The van der Waals surface area contributed by atoms with Crippen LogP contribution in [0.5, 0.6) is 0 Å². The molecule has 0 aromatic heterocycles. The fourth-order valence-corrected chi connectivity index (χ4v) is 6.29. The van der Waals surface area contributed by atoms with E-state index in [0.29, 0.717) is 13.0 Å². The summed E-state index contributed by atoms with van der Waals surface area (Å²) >= 11 is 0. The predicted octanol–water partition coefficient (Wildman–Crippen LogP) is 7.80. The molecule has 0 aromatic carbocycles. The molecule has 1 saturated heterocycles. The standard InChI is InChI=1S/C36H71NO6/c1-3-5-7-9-11-13-14-15-16-17-18-19-21-23-25-27-29-37(36-35(42)34(41)33(40)31(30-38)43-36)32(39)28-26-24-22-20-12-10-8-6-4-2/h31,33-36,38,40-42H,3-30H2,1-2H3/t31-,33+,34+,35-,36?/m1/s1. The Bertz CT molecular complexity index is 633. The molecule has 0 aromatic rings. The van der Waals surface area contributed by atoms with E-state index in [-0.39, 0.29) is 5.91 Å². The van der Waals surface area contributed by atoms with Gasteiger partial charge in [-0.2, -0.15) is 0 Å². The van der Waals surface area contributed by atoms with Gasteiger partial charge in [-0.1, -0.05) is 162 Å². The highest BCUT2D eigenvalue weighted by Crippen LogP contribution is 2.25. The van der Waals surface area contributed by atoms with E-state index in [4.69, 9.17) is 4.74 Å². The van der Waals surface area contributed by atoms with Crippen LogP contribution in [0.2, 0.25) is 0 Å². The van der Waals surface area contributed by atoms with Crippen molar-refractivity contribution in [1.29, 1.82) is 0 Å². The first-order chi connectivity index (χ1) is 21.0. The molecule has 7 nitrogen and oxygen atoms in total. The zero-order valence-electron chi connectivity index (χ0n) is 28.2. The summed E-state index contributed by atoms with van der Waals surface area (Å²) in [6, 6.07) is 0. The van der Waals surface area contributed by atoms with E-state index in [1.165, 1.54) is 122 Å². The molecule has 1 aliphatic rings. The Morgan fingerprint density at radius 1 is 0.535 bits per heavy atom. The first kappa shape index (κ1) is 40.3. The van der Waals surface area contributed by atoms with Crippen LogP contribution in [0.4, 0.5) is 0 Å². The van der Waals surface area contributed by atoms with Crippen LogP contribution in [0.25, 0.3) is 0 Å². The molecule has 0 bridgehead atoms. The van der Waals surface area contributed by atoms with E-state index in [9.17, 15) is 25.2 Å². The fraction of sp³-hybridized carbons (Fsp3) is 0.972. The van der Waals surface area contributed by atoms with Crippen LogP contribution >= 0.6 is 0 Å². The van der Waals surface area contributed by atoms with Gasteiger partial charge in [0.25, 0.3) is 0 Å². The van der Waals surface area contributed by atoms with Gasteiger partial charge in [0.15, 0.2) is 6.23 Å². The van der Waals surface area contributed by atoms with E-state index in [0.717, 1.165) is 38.5 Å². The van der Waals surface area contributed by atoms with Crippen LogP contribution in [0.1, 0.15) is 181 Å². The second-order valence-corrected chi connectivity index (χ2v) is 13.2. The average Bonchev–Trinajstić information content (AvgIpc) is 3.01. The Morgan fingerprint density at radius 2 is 0.907 bits per heavy atom. The van der Waals surface area contributed by atoms with Crippen LogP contribution in [-0.4, -0.2) is 75.0 Å². The molecule has 1 aliphatic heterocycles. The fourth-order valence-electron chi connectivity index (χ4n) is 6.29. The van der Waals surface area contributed by atoms with Gasteiger partial charge in [0.1, 0.15) is 24.4 Å². The van der Waals surface area contributed by atoms with Gasteiger partial charge in [0.05, 0.1) is 6.61 Å². The topological polar surface area (TPSA) is 110 Å². The number of hydrogen-bond donors (Lipinski definition) is 4. The molecule has 0 radical (unpaired) electrons. The number of carbonyl (C=O) groups excluding carboxylic acids is 1. The average molecular weight is 614 g/mol. The van der Waals surface area contributed by atoms with Gasteiger partial charge in [0, 0.05) is 13.0 Å². The van der Waals surface area contributed by atoms with Crippen molar-refractivity contribution in [2.45, 2.75) is 211 Å². The van der Waals surface area contributed by atoms with Gasteiger partial charge in [0.2, 0.25) is 5.91 Å². The van der Waals surface area contributed by atoms with Crippen molar-refractivity contribution < 1.29 is 30.0 Å². The van der Waals surface area contributed by atoms with E-state index in [1.807, 2.05) is 0 Å². The molecule has 7 heteroatoms. The lowest BCUT2D eigenvalue weighted by Crippen LogP contribution is -2.64. The van der Waals surface area contributed by atoms with Gasteiger partial charge >= 0.3 is 0 Å². The van der Waals surface area contributed by atoms with Crippen molar-refractivity contribution in [2.24, 2.45) is 0 Å². The van der Waals surface area contributed by atoms with Crippen molar-refractivity contribution in [3.8, 4) is 0 Å². The highest BCUT2D eigenvalue weighted by atomic mass is 16.6. The Hall–Kier alpha value is -0.730. The second-order valence-electron chi connectivity index (χ2n) is 13.2. The molecular formula is C36H71NO6. The van der Waals surface area contributed by atoms with Crippen LogP contribution in [0.15, 0.2) is 0 Å². The third-order valence-electron chi connectivity index (χ3n) is 9.24. The molecule has 0 saturated carbocycles. The van der Waals surface area contributed by atoms with E-state index >= 15 is 0 Å². The molecule has 0 aliphatic carbocycles. The minimum atomic E-state index is -1.47. The maximum absolute atomic E-state index is 13.3. The summed E-state index contributed by atoms with van der Waals surface area (Å²) in [6.07, 6.45) is 25.0.